The smallest absolute Gasteiger partial charge is 0.342 e. The van der Waals surface area contributed by atoms with Crippen molar-refractivity contribution in [2.75, 3.05) is 0 Å². The molecular weight excluding hydrogens is 386 g/mol. The Morgan fingerprint density at radius 2 is 2.00 bits per heavy atom. The summed E-state index contributed by atoms with van der Waals surface area (Å²) in [7, 11) is -2.18. The zero-order chi connectivity index (χ0) is 21.6. The summed E-state index contributed by atoms with van der Waals surface area (Å²) < 4.78 is 17.2. The summed E-state index contributed by atoms with van der Waals surface area (Å²) in [5.74, 6) is -0.0290. The van der Waals surface area contributed by atoms with Crippen molar-refractivity contribution in [1.82, 2.24) is 4.98 Å². The second kappa shape index (κ2) is 7.61. The van der Waals surface area contributed by atoms with Gasteiger partial charge in [-0.25, -0.2) is 9.78 Å². The number of aryl methyl sites for hydroxylation is 1. The van der Waals surface area contributed by atoms with Crippen LogP contribution < -0.4 is 4.43 Å². The molecule has 3 rings (SSSR count). The number of hydrogen-bond donors (Lipinski definition) is 1. The van der Waals surface area contributed by atoms with E-state index in [1.807, 2.05) is 26.0 Å². The molecule has 1 N–H and O–H groups in total. The minimum absolute atomic E-state index is 0.0198. The quantitative estimate of drug-likeness (QED) is 0.555. The zero-order valence-electron chi connectivity index (χ0n) is 18.3. The lowest BCUT2D eigenvalue weighted by molar-refractivity contribution is -0.0511. The second-order valence-electron chi connectivity index (χ2n) is 9.51. The van der Waals surface area contributed by atoms with Crippen LogP contribution in [0.1, 0.15) is 61.0 Å². The van der Waals surface area contributed by atoms with E-state index in [4.69, 9.17) is 13.6 Å². The van der Waals surface area contributed by atoms with Gasteiger partial charge < -0.3 is 18.7 Å². The number of rotatable bonds is 5. The molecule has 6 nitrogen and oxygen atoms in total. The number of ether oxygens (including phenoxy) is 1. The van der Waals surface area contributed by atoms with Crippen LogP contribution in [-0.2, 0) is 11.2 Å². The summed E-state index contributed by atoms with van der Waals surface area (Å²) >= 11 is 0. The van der Waals surface area contributed by atoms with Crippen molar-refractivity contribution < 1.29 is 23.5 Å². The van der Waals surface area contributed by atoms with Crippen molar-refractivity contribution in [1.29, 1.82) is 0 Å². The lowest BCUT2D eigenvalue weighted by Gasteiger charge is -2.39. The minimum Gasteiger partial charge on any atom is -0.543 e. The Kier molecular flexibility index (Phi) is 5.66. The van der Waals surface area contributed by atoms with Gasteiger partial charge in [0, 0.05) is 11.5 Å². The first-order valence-electron chi connectivity index (χ1n) is 10.0. The van der Waals surface area contributed by atoms with Crippen LogP contribution in [0.5, 0.6) is 5.75 Å². The molecule has 1 aliphatic heterocycles. The highest BCUT2D eigenvalue weighted by molar-refractivity contribution is 6.74. The molecule has 0 saturated heterocycles. The fourth-order valence-electron chi connectivity index (χ4n) is 3.33. The molecule has 1 aromatic carbocycles. The summed E-state index contributed by atoms with van der Waals surface area (Å²) in [5, 5.41) is 11.0. The Morgan fingerprint density at radius 1 is 1.31 bits per heavy atom. The number of carbonyl (C=O) groups excluding carboxylic acids is 1. The molecule has 0 radical (unpaired) electrons. The van der Waals surface area contributed by atoms with E-state index in [1.165, 1.54) is 6.39 Å². The Morgan fingerprint density at radius 3 is 2.59 bits per heavy atom. The van der Waals surface area contributed by atoms with Gasteiger partial charge in [-0.3, -0.25) is 0 Å². The van der Waals surface area contributed by atoms with Crippen LogP contribution in [0, 0.1) is 12.8 Å². The summed E-state index contributed by atoms with van der Waals surface area (Å²) in [4.78, 5) is 17.1. The molecule has 0 fully saturated rings. The number of aliphatic hydroxyl groups excluding tert-OH is 1. The molecule has 0 unspecified atom stereocenters. The number of fused-ring (bicyclic) bond motifs is 1. The van der Waals surface area contributed by atoms with E-state index in [2.05, 4.69) is 38.8 Å². The molecule has 1 aromatic heterocycles. The third kappa shape index (κ3) is 4.11. The molecule has 2 aromatic rings. The molecule has 3 atom stereocenters. The molecule has 0 spiro atoms. The zero-order valence-corrected chi connectivity index (χ0v) is 19.3. The average Bonchev–Trinajstić information content (AvgIpc) is 3.11. The lowest BCUT2D eigenvalue weighted by atomic mass is 9.86. The van der Waals surface area contributed by atoms with Gasteiger partial charge in [0.05, 0.1) is 5.69 Å². The standard InChI is InChI=1S/C22H31NO5Si/c1-13-8-9-16-17(19(13)28-29(6,7)22(3,4)5)21(25)27-20(18(16)24)14(2)10-15-11-26-12-23-15/h8-9,11-12,14,18,20,24H,10H2,1-7H3/t14-,18-,20-/m1/s1. The Labute approximate surface area is 173 Å². The van der Waals surface area contributed by atoms with Crippen molar-refractivity contribution in [3.8, 4) is 5.75 Å². The molecular formula is C22H31NO5Si. The summed E-state index contributed by atoms with van der Waals surface area (Å²) in [6.45, 7) is 14.6. The maximum Gasteiger partial charge on any atom is 0.342 e. The van der Waals surface area contributed by atoms with Gasteiger partial charge >= 0.3 is 5.97 Å². The predicted octanol–water partition coefficient (Wildman–Crippen LogP) is 4.82. The summed E-state index contributed by atoms with van der Waals surface area (Å²) in [6.07, 6.45) is 1.89. The van der Waals surface area contributed by atoms with Gasteiger partial charge in [-0.05, 0) is 37.0 Å². The first kappa shape index (κ1) is 21.6. The number of esters is 1. The largest absolute Gasteiger partial charge is 0.543 e. The maximum atomic E-state index is 13.0. The highest BCUT2D eigenvalue weighted by atomic mass is 28.4. The Bertz CT molecular complexity index is 885. The normalized spacial score (nSPS) is 20.8. The lowest BCUT2D eigenvalue weighted by Crippen LogP contribution is -2.45. The van der Waals surface area contributed by atoms with Crippen LogP contribution in [0.15, 0.2) is 29.2 Å². The highest BCUT2D eigenvalue weighted by Crippen LogP contribution is 2.43. The molecule has 158 valence electrons. The number of nitrogens with zero attached hydrogens (tertiary/aromatic N) is 1. The van der Waals surface area contributed by atoms with E-state index in [1.54, 1.807) is 6.26 Å². The van der Waals surface area contributed by atoms with Crippen molar-refractivity contribution in [2.45, 2.75) is 71.4 Å². The van der Waals surface area contributed by atoms with E-state index in [9.17, 15) is 9.90 Å². The Balaban J connectivity index is 1.95. The first-order chi connectivity index (χ1) is 13.4. The highest BCUT2D eigenvalue weighted by Gasteiger charge is 2.43. The van der Waals surface area contributed by atoms with E-state index in [-0.39, 0.29) is 11.0 Å². The number of aromatic nitrogens is 1. The number of hydrogen-bond acceptors (Lipinski definition) is 6. The molecule has 0 aliphatic carbocycles. The van der Waals surface area contributed by atoms with Crippen LogP contribution in [0.25, 0.3) is 0 Å². The number of benzene rings is 1. The van der Waals surface area contributed by atoms with Crippen molar-refractivity contribution in [3.63, 3.8) is 0 Å². The molecule has 0 amide bonds. The second-order valence-corrected chi connectivity index (χ2v) is 14.2. The third-order valence-corrected chi connectivity index (χ3v) is 10.5. The van der Waals surface area contributed by atoms with Gasteiger partial charge in [0.2, 0.25) is 0 Å². The average molecular weight is 418 g/mol. The van der Waals surface area contributed by atoms with E-state index < -0.39 is 26.5 Å². The predicted molar refractivity (Wildman–Crippen MR) is 113 cm³/mol. The van der Waals surface area contributed by atoms with Crippen LogP contribution in [0.2, 0.25) is 18.1 Å². The molecule has 1 aliphatic rings. The maximum absolute atomic E-state index is 13.0. The van der Waals surface area contributed by atoms with Crippen molar-refractivity contribution in [3.05, 3.63) is 47.2 Å². The fourth-order valence-corrected chi connectivity index (χ4v) is 4.41. The van der Waals surface area contributed by atoms with Gasteiger partial charge in [-0.2, -0.15) is 0 Å². The summed E-state index contributed by atoms with van der Waals surface area (Å²) in [6, 6.07) is 3.71. The van der Waals surface area contributed by atoms with Crippen LogP contribution in [-0.4, -0.2) is 30.5 Å². The molecule has 2 heterocycles. The van der Waals surface area contributed by atoms with E-state index in [0.29, 0.717) is 23.3 Å². The van der Waals surface area contributed by atoms with E-state index in [0.717, 1.165) is 11.3 Å². The topological polar surface area (TPSA) is 81.8 Å². The molecule has 0 bridgehead atoms. The van der Waals surface area contributed by atoms with Gasteiger partial charge in [-0.1, -0.05) is 39.8 Å². The van der Waals surface area contributed by atoms with Crippen LogP contribution in [0.4, 0.5) is 0 Å². The number of oxazole rings is 1. The number of aliphatic hydroxyl groups is 1. The van der Waals surface area contributed by atoms with Gasteiger partial charge in [0.1, 0.15) is 29.8 Å². The molecule has 0 saturated carbocycles. The number of cyclic esters (lactones) is 1. The van der Waals surface area contributed by atoms with Gasteiger partial charge in [0.15, 0.2) is 6.39 Å². The summed E-state index contributed by atoms with van der Waals surface area (Å²) in [5.41, 5.74) is 2.55. The number of carbonyl (C=O) groups is 1. The minimum atomic E-state index is -2.18. The van der Waals surface area contributed by atoms with Crippen LogP contribution in [0.3, 0.4) is 0 Å². The third-order valence-electron chi connectivity index (χ3n) is 6.20. The SMILES string of the molecule is Cc1ccc2c(c1O[Si](C)(C)C(C)(C)C)C(=O)O[C@H]([C@H](C)Cc1cocn1)[C@@H]2O. The molecule has 7 heteroatoms. The Hall–Kier alpha value is -2.12. The first-order valence-corrected chi connectivity index (χ1v) is 12.9. The monoisotopic (exact) mass is 417 g/mol. The van der Waals surface area contributed by atoms with Crippen molar-refractivity contribution in [2.24, 2.45) is 5.92 Å². The van der Waals surface area contributed by atoms with Crippen molar-refractivity contribution >= 4 is 14.3 Å². The molecule has 29 heavy (non-hydrogen) atoms. The fraction of sp³-hybridized carbons (Fsp3) is 0.545. The van der Waals surface area contributed by atoms with Gasteiger partial charge in [0.25, 0.3) is 8.32 Å². The van der Waals surface area contributed by atoms with Gasteiger partial charge in [-0.15, -0.1) is 0 Å². The van der Waals surface area contributed by atoms with Crippen LogP contribution >= 0.6 is 0 Å². The van der Waals surface area contributed by atoms with E-state index >= 15 is 0 Å².